The van der Waals surface area contributed by atoms with Gasteiger partial charge < -0.3 is 4.90 Å². The SMILES string of the molecule is NS(=O)(=O)NCCC1CCN(c2ncnc3cc(Cl)cc(F)c23)CC1. The molecule has 0 spiro atoms. The summed E-state index contributed by atoms with van der Waals surface area (Å²) in [5.41, 5.74) is 0.481. The molecule has 1 saturated heterocycles. The van der Waals surface area contributed by atoms with Crippen LogP contribution in [0.25, 0.3) is 10.9 Å². The second-order valence-corrected chi connectivity index (χ2v) is 7.95. The molecule has 1 aromatic heterocycles. The largest absolute Gasteiger partial charge is 0.356 e. The highest BCUT2D eigenvalue weighted by atomic mass is 35.5. The van der Waals surface area contributed by atoms with E-state index >= 15 is 0 Å². The molecule has 0 atom stereocenters. The van der Waals surface area contributed by atoms with Crippen LogP contribution >= 0.6 is 11.6 Å². The van der Waals surface area contributed by atoms with Gasteiger partial charge in [-0.2, -0.15) is 8.42 Å². The molecule has 1 aliphatic heterocycles. The molecule has 1 aliphatic rings. The van der Waals surface area contributed by atoms with Crippen LogP contribution in [0.2, 0.25) is 5.02 Å². The zero-order valence-corrected chi connectivity index (χ0v) is 15.0. The highest BCUT2D eigenvalue weighted by molar-refractivity contribution is 7.87. The number of fused-ring (bicyclic) bond motifs is 1. The first-order chi connectivity index (χ1) is 11.8. The maximum atomic E-state index is 14.3. The van der Waals surface area contributed by atoms with Gasteiger partial charge in [0.25, 0.3) is 10.2 Å². The quantitative estimate of drug-likeness (QED) is 0.814. The fraction of sp³-hybridized carbons (Fsp3) is 0.467. The summed E-state index contributed by atoms with van der Waals surface area (Å²) < 4.78 is 38.4. The number of benzene rings is 1. The Balaban J connectivity index is 1.68. The first kappa shape index (κ1) is 18.2. The molecule has 25 heavy (non-hydrogen) atoms. The van der Waals surface area contributed by atoms with Crippen molar-refractivity contribution in [2.45, 2.75) is 19.3 Å². The number of hydrogen-bond donors (Lipinski definition) is 2. The minimum Gasteiger partial charge on any atom is -0.356 e. The van der Waals surface area contributed by atoms with E-state index < -0.39 is 16.0 Å². The summed E-state index contributed by atoms with van der Waals surface area (Å²) in [5.74, 6) is 0.524. The van der Waals surface area contributed by atoms with Crippen LogP contribution in [0.5, 0.6) is 0 Å². The smallest absolute Gasteiger partial charge is 0.274 e. The van der Waals surface area contributed by atoms with E-state index in [0.29, 0.717) is 47.3 Å². The average Bonchev–Trinajstić information content (AvgIpc) is 2.53. The molecular formula is C15H19ClFN5O2S. The van der Waals surface area contributed by atoms with Crippen molar-refractivity contribution in [3.05, 3.63) is 29.3 Å². The summed E-state index contributed by atoms with van der Waals surface area (Å²) >= 11 is 5.89. The Hall–Kier alpha value is -1.55. The van der Waals surface area contributed by atoms with Crippen LogP contribution < -0.4 is 14.8 Å². The normalized spacial score (nSPS) is 16.5. The van der Waals surface area contributed by atoms with Crippen molar-refractivity contribution in [1.82, 2.24) is 14.7 Å². The Morgan fingerprint density at radius 1 is 1.32 bits per heavy atom. The fourth-order valence-corrected chi connectivity index (χ4v) is 3.77. The van der Waals surface area contributed by atoms with Crippen molar-refractivity contribution in [2.24, 2.45) is 11.1 Å². The molecule has 1 fully saturated rings. The topological polar surface area (TPSA) is 101 Å². The van der Waals surface area contributed by atoms with Gasteiger partial charge in [0.15, 0.2) is 0 Å². The molecule has 7 nitrogen and oxygen atoms in total. The Labute approximate surface area is 150 Å². The molecule has 0 aliphatic carbocycles. The zero-order chi connectivity index (χ0) is 18.0. The van der Waals surface area contributed by atoms with Gasteiger partial charge in [0.2, 0.25) is 0 Å². The third kappa shape index (κ3) is 4.55. The summed E-state index contributed by atoms with van der Waals surface area (Å²) in [6.07, 6.45) is 3.87. The zero-order valence-electron chi connectivity index (χ0n) is 13.5. The number of aromatic nitrogens is 2. The number of piperidine rings is 1. The van der Waals surface area contributed by atoms with Gasteiger partial charge in [0, 0.05) is 24.7 Å². The van der Waals surface area contributed by atoms with Gasteiger partial charge in [0.05, 0.1) is 10.9 Å². The molecule has 10 heteroatoms. The van der Waals surface area contributed by atoms with E-state index in [4.69, 9.17) is 16.7 Å². The first-order valence-corrected chi connectivity index (χ1v) is 9.88. The molecular weight excluding hydrogens is 369 g/mol. The van der Waals surface area contributed by atoms with Crippen LogP contribution in [0.1, 0.15) is 19.3 Å². The minimum atomic E-state index is -3.64. The van der Waals surface area contributed by atoms with Gasteiger partial charge in [0.1, 0.15) is 18.0 Å². The standard InChI is InChI=1S/C15H19ClFN5O2S/c16-11-7-12(17)14-13(8-11)19-9-20-15(14)22-5-2-10(3-6-22)1-4-21-25(18,23)24/h7-10,21H,1-6H2,(H2,18,23,24). The number of nitrogens with zero attached hydrogens (tertiary/aromatic N) is 3. The average molecular weight is 388 g/mol. The Bertz CT molecular complexity index is 872. The maximum Gasteiger partial charge on any atom is 0.274 e. The van der Waals surface area contributed by atoms with Crippen LogP contribution in [0, 0.1) is 11.7 Å². The van der Waals surface area contributed by atoms with Crippen LogP contribution in [0.4, 0.5) is 10.2 Å². The van der Waals surface area contributed by atoms with Crippen molar-refractivity contribution in [3.63, 3.8) is 0 Å². The number of hydrogen-bond acceptors (Lipinski definition) is 5. The number of halogens is 2. The van der Waals surface area contributed by atoms with Crippen molar-refractivity contribution in [1.29, 1.82) is 0 Å². The first-order valence-electron chi connectivity index (χ1n) is 7.95. The maximum absolute atomic E-state index is 14.3. The van der Waals surface area contributed by atoms with Crippen molar-refractivity contribution in [2.75, 3.05) is 24.5 Å². The number of nitrogens with one attached hydrogen (secondary N) is 1. The lowest BCUT2D eigenvalue weighted by Crippen LogP contribution is -2.37. The van der Waals surface area contributed by atoms with Gasteiger partial charge in [-0.15, -0.1) is 0 Å². The van der Waals surface area contributed by atoms with Crippen LogP contribution in [0.15, 0.2) is 18.5 Å². The van der Waals surface area contributed by atoms with Crippen molar-refractivity contribution >= 4 is 38.5 Å². The van der Waals surface area contributed by atoms with E-state index in [-0.39, 0.29) is 0 Å². The van der Waals surface area contributed by atoms with E-state index in [2.05, 4.69) is 14.7 Å². The van der Waals surface area contributed by atoms with E-state index in [1.54, 1.807) is 6.07 Å². The predicted molar refractivity (Wildman–Crippen MR) is 95.2 cm³/mol. The highest BCUT2D eigenvalue weighted by Gasteiger charge is 2.23. The van der Waals surface area contributed by atoms with Gasteiger partial charge in [-0.3, -0.25) is 0 Å². The molecule has 0 saturated carbocycles. The van der Waals surface area contributed by atoms with E-state index in [9.17, 15) is 12.8 Å². The molecule has 3 N–H and O–H groups in total. The van der Waals surface area contributed by atoms with E-state index in [1.165, 1.54) is 12.4 Å². The Morgan fingerprint density at radius 2 is 2.04 bits per heavy atom. The number of anilines is 1. The molecule has 0 amide bonds. The molecule has 2 heterocycles. The Kier molecular flexibility index (Phi) is 5.38. The molecule has 0 bridgehead atoms. The van der Waals surface area contributed by atoms with E-state index in [0.717, 1.165) is 19.3 Å². The van der Waals surface area contributed by atoms with Crippen molar-refractivity contribution < 1.29 is 12.8 Å². The minimum absolute atomic E-state index is 0.302. The van der Waals surface area contributed by atoms with Crippen LogP contribution in [0.3, 0.4) is 0 Å². The monoisotopic (exact) mass is 387 g/mol. The Morgan fingerprint density at radius 3 is 2.72 bits per heavy atom. The number of rotatable bonds is 5. The molecule has 0 unspecified atom stereocenters. The summed E-state index contributed by atoms with van der Waals surface area (Å²) in [7, 11) is -3.64. The summed E-state index contributed by atoms with van der Waals surface area (Å²) in [4.78, 5) is 10.4. The van der Waals surface area contributed by atoms with Crippen LogP contribution in [-0.4, -0.2) is 38.0 Å². The molecule has 0 radical (unpaired) electrons. The van der Waals surface area contributed by atoms with Gasteiger partial charge in [-0.05, 0) is 37.3 Å². The van der Waals surface area contributed by atoms with Gasteiger partial charge in [-0.25, -0.2) is 24.2 Å². The second-order valence-electron chi connectivity index (χ2n) is 6.14. The lowest BCUT2D eigenvalue weighted by molar-refractivity contribution is 0.381. The molecule has 136 valence electrons. The predicted octanol–water partition coefficient (Wildman–Crippen LogP) is 1.82. The second kappa shape index (κ2) is 7.36. The van der Waals surface area contributed by atoms with Crippen LogP contribution in [-0.2, 0) is 10.2 Å². The lowest BCUT2D eigenvalue weighted by Gasteiger charge is -2.33. The number of nitrogens with two attached hydrogens (primary N) is 1. The van der Waals surface area contributed by atoms with E-state index in [1.807, 2.05) is 4.90 Å². The summed E-state index contributed by atoms with van der Waals surface area (Å²) in [6.45, 7) is 1.76. The summed E-state index contributed by atoms with van der Waals surface area (Å²) in [5, 5.41) is 5.60. The lowest BCUT2D eigenvalue weighted by atomic mass is 9.93. The van der Waals surface area contributed by atoms with Gasteiger partial charge in [-0.1, -0.05) is 11.6 Å². The van der Waals surface area contributed by atoms with Gasteiger partial charge >= 0.3 is 0 Å². The third-order valence-corrected chi connectivity index (χ3v) is 5.23. The van der Waals surface area contributed by atoms with Crippen molar-refractivity contribution in [3.8, 4) is 0 Å². The third-order valence-electron chi connectivity index (χ3n) is 4.40. The highest BCUT2D eigenvalue weighted by Crippen LogP contribution is 2.31. The summed E-state index contributed by atoms with van der Waals surface area (Å²) in [6, 6.07) is 2.89. The molecule has 3 rings (SSSR count). The molecule has 2 aromatic rings. The fourth-order valence-electron chi connectivity index (χ4n) is 3.17. The molecule has 1 aromatic carbocycles.